The highest BCUT2D eigenvalue weighted by Gasteiger charge is 2.31. The summed E-state index contributed by atoms with van der Waals surface area (Å²) in [5.41, 5.74) is 6.92. The van der Waals surface area contributed by atoms with Crippen LogP contribution in [-0.2, 0) is 0 Å². The average molecular weight is 289 g/mol. The second-order valence-corrected chi connectivity index (χ2v) is 6.99. The SMILES string of the molecule is CCC1SCCSC1C(N)c1ccc(F)c(F)c1. The molecule has 0 aliphatic carbocycles. The van der Waals surface area contributed by atoms with Crippen molar-refractivity contribution in [3.8, 4) is 0 Å². The van der Waals surface area contributed by atoms with E-state index in [0.29, 0.717) is 10.8 Å². The van der Waals surface area contributed by atoms with Gasteiger partial charge in [0.2, 0.25) is 0 Å². The van der Waals surface area contributed by atoms with Crippen LogP contribution in [-0.4, -0.2) is 22.0 Å². The van der Waals surface area contributed by atoms with Gasteiger partial charge in [0, 0.05) is 28.0 Å². The Balaban J connectivity index is 2.18. The third kappa shape index (κ3) is 3.00. The molecule has 1 nitrogen and oxygen atoms in total. The van der Waals surface area contributed by atoms with Gasteiger partial charge in [0.05, 0.1) is 0 Å². The van der Waals surface area contributed by atoms with Gasteiger partial charge in [-0.25, -0.2) is 8.78 Å². The molecule has 1 saturated heterocycles. The third-order valence-electron chi connectivity index (χ3n) is 3.18. The number of hydrogen-bond acceptors (Lipinski definition) is 3. The van der Waals surface area contributed by atoms with Crippen molar-refractivity contribution in [1.29, 1.82) is 0 Å². The van der Waals surface area contributed by atoms with Crippen molar-refractivity contribution in [3.63, 3.8) is 0 Å². The largest absolute Gasteiger partial charge is 0.323 e. The molecule has 5 heteroatoms. The zero-order chi connectivity index (χ0) is 13.1. The van der Waals surface area contributed by atoms with Gasteiger partial charge in [0.25, 0.3) is 0 Å². The Kier molecular flexibility index (Phi) is 4.92. The fourth-order valence-electron chi connectivity index (χ4n) is 2.18. The molecule has 1 heterocycles. The maximum Gasteiger partial charge on any atom is 0.159 e. The molecule has 0 radical (unpaired) electrons. The standard InChI is InChI=1S/C13H17F2NS2/c1-2-11-13(18-6-5-17-11)12(16)8-3-4-9(14)10(15)7-8/h3-4,7,11-13H,2,5-6,16H2,1H3. The van der Waals surface area contributed by atoms with E-state index in [1.54, 1.807) is 6.07 Å². The number of nitrogens with two attached hydrogens (primary N) is 1. The summed E-state index contributed by atoms with van der Waals surface area (Å²) in [5, 5.41) is 0.769. The first-order valence-corrected chi connectivity index (χ1v) is 8.17. The highest BCUT2D eigenvalue weighted by Crippen LogP contribution is 2.39. The van der Waals surface area contributed by atoms with Crippen LogP contribution >= 0.6 is 23.5 Å². The minimum absolute atomic E-state index is 0.233. The van der Waals surface area contributed by atoms with Gasteiger partial charge in [-0.2, -0.15) is 23.5 Å². The first-order chi connectivity index (χ1) is 8.63. The van der Waals surface area contributed by atoms with E-state index in [1.807, 2.05) is 23.5 Å². The molecule has 18 heavy (non-hydrogen) atoms. The quantitative estimate of drug-likeness (QED) is 0.921. The van der Waals surface area contributed by atoms with Crippen LogP contribution in [0.1, 0.15) is 24.9 Å². The van der Waals surface area contributed by atoms with E-state index in [4.69, 9.17) is 5.73 Å². The van der Waals surface area contributed by atoms with E-state index in [2.05, 4.69) is 6.92 Å². The Labute approximate surface area is 115 Å². The summed E-state index contributed by atoms with van der Waals surface area (Å²) in [4.78, 5) is 0. The van der Waals surface area contributed by atoms with Crippen molar-refractivity contribution in [2.75, 3.05) is 11.5 Å². The van der Waals surface area contributed by atoms with Gasteiger partial charge in [0.1, 0.15) is 0 Å². The topological polar surface area (TPSA) is 26.0 Å². The molecule has 0 spiro atoms. The normalized spacial score (nSPS) is 26.0. The van der Waals surface area contributed by atoms with Crippen LogP contribution in [0.25, 0.3) is 0 Å². The molecule has 1 fully saturated rings. The van der Waals surface area contributed by atoms with Crippen molar-refractivity contribution in [1.82, 2.24) is 0 Å². The molecule has 1 aromatic carbocycles. The maximum absolute atomic E-state index is 13.2. The van der Waals surface area contributed by atoms with E-state index >= 15 is 0 Å². The Morgan fingerprint density at radius 3 is 2.67 bits per heavy atom. The first kappa shape index (κ1) is 14.2. The molecule has 0 aromatic heterocycles. The molecular weight excluding hydrogens is 272 g/mol. The Bertz CT molecular complexity index is 414. The smallest absolute Gasteiger partial charge is 0.159 e. The molecule has 2 rings (SSSR count). The predicted octanol–water partition coefficient (Wildman–Crippen LogP) is 3.59. The van der Waals surface area contributed by atoms with Crippen molar-refractivity contribution in [2.45, 2.75) is 29.9 Å². The van der Waals surface area contributed by atoms with Gasteiger partial charge in [-0.15, -0.1) is 0 Å². The number of halogens is 2. The summed E-state index contributed by atoms with van der Waals surface area (Å²) < 4.78 is 26.2. The molecular formula is C13H17F2NS2. The molecule has 2 N–H and O–H groups in total. The van der Waals surface area contributed by atoms with E-state index < -0.39 is 11.6 Å². The second kappa shape index (κ2) is 6.26. The van der Waals surface area contributed by atoms with Crippen LogP contribution in [0.2, 0.25) is 0 Å². The monoisotopic (exact) mass is 289 g/mol. The first-order valence-electron chi connectivity index (χ1n) is 6.07. The lowest BCUT2D eigenvalue weighted by Gasteiger charge is -2.34. The van der Waals surface area contributed by atoms with Gasteiger partial charge in [-0.05, 0) is 24.1 Å². The van der Waals surface area contributed by atoms with Gasteiger partial charge < -0.3 is 5.73 Å². The highest BCUT2D eigenvalue weighted by molar-refractivity contribution is 8.07. The van der Waals surface area contributed by atoms with Crippen LogP contribution in [0.3, 0.4) is 0 Å². The second-order valence-electron chi connectivity index (χ2n) is 4.35. The molecule has 3 atom stereocenters. The molecule has 3 unspecified atom stereocenters. The van der Waals surface area contributed by atoms with Gasteiger partial charge in [0.15, 0.2) is 11.6 Å². The van der Waals surface area contributed by atoms with Crippen molar-refractivity contribution in [3.05, 3.63) is 35.4 Å². The Morgan fingerprint density at radius 1 is 1.28 bits per heavy atom. The van der Waals surface area contributed by atoms with E-state index in [-0.39, 0.29) is 11.3 Å². The zero-order valence-electron chi connectivity index (χ0n) is 10.2. The minimum atomic E-state index is -0.816. The molecule has 1 aliphatic heterocycles. The van der Waals surface area contributed by atoms with Gasteiger partial charge in [-0.1, -0.05) is 13.0 Å². The fraction of sp³-hybridized carbons (Fsp3) is 0.538. The molecule has 100 valence electrons. The van der Waals surface area contributed by atoms with Crippen LogP contribution in [0, 0.1) is 11.6 Å². The summed E-state index contributed by atoms with van der Waals surface area (Å²) in [7, 11) is 0. The molecule has 1 aromatic rings. The van der Waals surface area contributed by atoms with Crippen molar-refractivity contribution in [2.24, 2.45) is 5.73 Å². The van der Waals surface area contributed by atoms with E-state index in [9.17, 15) is 8.78 Å². The summed E-state index contributed by atoms with van der Waals surface area (Å²) in [6.45, 7) is 2.15. The van der Waals surface area contributed by atoms with Crippen LogP contribution < -0.4 is 5.73 Å². The Morgan fingerprint density at radius 2 is 2.00 bits per heavy atom. The fourth-order valence-corrected chi connectivity index (χ4v) is 5.36. The lowest BCUT2D eigenvalue weighted by molar-refractivity contribution is 0.504. The summed E-state index contributed by atoms with van der Waals surface area (Å²) in [6.07, 6.45) is 1.06. The number of hydrogen-bond donors (Lipinski definition) is 1. The number of rotatable bonds is 3. The van der Waals surface area contributed by atoms with Crippen LogP contribution in [0.15, 0.2) is 18.2 Å². The van der Waals surface area contributed by atoms with Crippen molar-refractivity contribution < 1.29 is 8.78 Å². The highest BCUT2D eigenvalue weighted by atomic mass is 32.2. The van der Waals surface area contributed by atoms with Gasteiger partial charge >= 0.3 is 0 Å². The van der Waals surface area contributed by atoms with Crippen LogP contribution in [0.5, 0.6) is 0 Å². The summed E-state index contributed by atoms with van der Waals surface area (Å²) >= 11 is 3.78. The third-order valence-corrected chi connectivity index (χ3v) is 6.55. The maximum atomic E-state index is 13.2. The van der Waals surface area contributed by atoms with E-state index in [1.165, 1.54) is 6.07 Å². The molecule has 0 bridgehead atoms. The molecule has 0 amide bonds. The lowest BCUT2D eigenvalue weighted by Crippen LogP contribution is -2.35. The summed E-state index contributed by atoms with van der Waals surface area (Å²) in [6, 6.07) is 3.75. The predicted molar refractivity (Wildman–Crippen MR) is 76.1 cm³/mol. The van der Waals surface area contributed by atoms with Crippen molar-refractivity contribution >= 4 is 23.5 Å². The lowest BCUT2D eigenvalue weighted by atomic mass is 10.0. The number of benzene rings is 1. The average Bonchev–Trinajstić information content (AvgIpc) is 2.41. The zero-order valence-corrected chi connectivity index (χ0v) is 11.9. The number of thioether (sulfide) groups is 2. The van der Waals surface area contributed by atoms with Crippen LogP contribution in [0.4, 0.5) is 8.78 Å². The Hall–Kier alpha value is -0.260. The van der Waals surface area contributed by atoms with E-state index in [0.717, 1.165) is 24.0 Å². The molecule has 1 aliphatic rings. The summed E-state index contributed by atoms with van der Waals surface area (Å²) in [5.74, 6) is 0.584. The minimum Gasteiger partial charge on any atom is -0.323 e. The van der Waals surface area contributed by atoms with Gasteiger partial charge in [-0.3, -0.25) is 0 Å². The molecule has 0 saturated carbocycles.